The highest BCUT2D eigenvalue weighted by Crippen LogP contribution is 2.33. The van der Waals surface area contributed by atoms with Crippen LogP contribution in [0, 0.1) is 0 Å². The molecule has 3 heterocycles. The number of fused-ring (bicyclic) bond motifs is 1. The van der Waals surface area contributed by atoms with Gasteiger partial charge in [-0.15, -0.1) is 0 Å². The maximum Gasteiger partial charge on any atom is 0.173 e. The van der Waals surface area contributed by atoms with Gasteiger partial charge in [-0.05, 0) is 40.4 Å². The number of anilines is 2. The fraction of sp³-hybridized carbons (Fsp3) is 0.389. The summed E-state index contributed by atoms with van der Waals surface area (Å²) < 4.78 is 2.60. The summed E-state index contributed by atoms with van der Waals surface area (Å²) in [5.74, 6) is 1.57. The molecule has 26 heavy (non-hydrogen) atoms. The number of aliphatic hydroxyl groups is 1. The Labute approximate surface area is 160 Å². The lowest BCUT2D eigenvalue weighted by molar-refractivity contribution is 0.214. The number of hydrogen-bond acceptors (Lipinski definition) is 6. The summed E-state index contributed by atoms with van der Waals surface area (Å²) in [5, 5.41) is 21.2. The number of rotatable bonds is 6. The number of aliphatic hydroxyl groups excluding tert-OH is 1. The highest BCUT2D eigenvalue weighted by molar-refractivity contribution is 9.10. The van der Waals surface area contributed by atoms with Crippen LogP contribution in [0.2, 0.25) is 0 Å². The number of halogens is 1. The van der Waals surface area contributed by atoms with Crippen molar-refractivity contribution < 1.29 is 5.11 Å². The van der Waals surface area contributed by atoms with E-state index in [0.29, 0.717) is 6.54 Å². The summed E-state index contributed by atoms with van der Waals surface area (Å²) in [7, 11) is 0. The molecule has 136 valence electrons. The molecular weight excluding hydrogens is 396 g/mol. The molecule has 1 aliphatic carbocycles. The monoisotopic (exact) mass is 416 g/mol. The van der Waals surface area contributed by atoms with E-state index < -0.39 is 0 Å². The van der Waals surface area contributed by atoms with Crippen LogP contribution in [0.5, 0.6) is 0 Å². The fourth-order valence-corrected chi connectivity index (χ4v) is 3.82. The highest BCUT2D eigenvalue weighted by Gasteiger charge is 2.33. The molecule has 0 aliphatic heterocycles. The summed E-state index contributed by atoms with van der Waals surface area (Å²) in [4.78, 5) is 8.83. The Bertz CT molecular complexity index is 891. The minimum atomic E-state index is -0.279. The SMILES string of the molecule is OCC1(Nc2cc(NCc3cccnc3)n3ncc(Br)c3n2)CCCC1. The summed E-state index contributed by atoms with van der Waals surface area (Å²) in [5.41, 5.74) is 1.54. The van der Waals surface area contributed by atoms with Crippen LogP contribution in [0.1, 0.15) is 31.2 Å². The first-order valence-electron chi connectivity index (χ1n) is 8.75. The topological polar surface area (TPSA) is 87.4 Å². The van der Waals surface area contributed by atoms with E-state index in [1.165, 1.54) is 0 Å². The third kappa shape index (κ3) is 3.39. The molecule has 1 saturated carbocycles. The van der Waals surface area contributed by atoms with Crippen LogP contribution in [0.25, 0.3) is 5.65 Å². The van der Waals surface area contributed by atoms with E-state index in [-0.39, 0.29) is 12.1 Å². The van der Waals surface area contributed by atoms with Crippen LogP contribution >= 0.6 is 15.9 Å². The van der Waals surface area contributed by atoms with Crippen LogP contribution in [0.15, 0.2) is 41.3 Å². The third-order valence-electron chi connectivity index (χ3n) is 4.88. The number of nitrogens with zero attached hydrogens (tertiary/aromatic N) is 4. The maximum atomic E-state index is 9.89. The zero-order valence-electron chi connectivity index (χ0n) is 14.3. The van der Waals surface area contributed by atoms with Gasteiger partial charge < -0.3 is 15.7 Å². The van der Waals surface area contributed by atoms with Crippen molar-refractivity contribution in [1.29, 1.82) is 0 Å². The second kappa shape index (κ2) is 7.20. The molecule has 3 aromatic heterocycles. The average Bonchev–Trinajstić information content (AvgIpc) is 3.29. The van der Waals surface area contributed by atoms with Crippen LogP contribution in [-0.2, 0) is 6.54 Å². The molecule has 0 aromatic carbocycles. The Kier molecular flexibility index (Phi) is 4.78. The van der Waals surface area contributed by atoms with E-state index in [1.54, 1.807) is 16.9 Å². The molecule has 3 aromatic rings. The maximum absolute atomic E-state index is 9.89. The molecule has 0 radical (unpaired) electrons. The van der Waals surface area contributed by atoms with Gasteiger partial charge in [-0.1, -0.05) is 18.9 Å². The van der Waals surface area contributed by atoms with Crippen molar-refractivity contribution in [3.05, 3.63) is 46.8 Å². The largest absolute Gasteiger partial charge is 0.394 e. The van der Waals surface area contributed by atoms with Crippen molar-refractivity contribution in [3.63, 3.8) is 0 Å². The van der Waals surface area contributed by atoms with E-state index in [9.17, 15) is 5.11 Å². The molecular formula is C18H21BrN6O. The Hall–Kier alpha value is -2.19. The standard InChI is InChI=1S/C18H21BrN6O/c19-14-11-22-25-16(21-10-13-4-3-7-20-9-13)8-15(23-17(14)25)24-18(12-26)5-1-2-6-18/h3-4,7-9,11,21,26H,1-2,5-6,10,12H2,(H,23,24). The van der Waals surface area contributed by atoms with Gasteiger partial charge in [0.25, 0.3) is 0 Å². The smallest absolute Gasteiger partial charge is 0.173 e. The van der Waals surface area contributed by atoms with Crippen molar-refractivity contribution >= 4 is 33.2 Å². The molecule has 3 N–H and O–H groups in total. The van der Waals surface area contributed by atoms with E-state index in [4.69, 9.17) is 0 Å². The van der Waals surface area contributed by atoms with Crippen molar-refractivity contribution in [2.45, 2.75) is 37.8 Å². The minimum absolute atomic E-state index is 0.110. The van der Waals surface area contributed by atoms with Crippen molar-refractivity contribution in [2.24, 2.45) is 0 Å². The quantitative estimate of drug-likeness (QED) is 0.571. The fourth-order valence-electron chi connectivity index (χ4n) is 3.47. The van der Waals surface area contributed by atoms with Gasteiger partial charge >= 0.3 is 0 Å². The second-order valence-corrected chi connectivity index (χ2v) is 7.59. The Morgan fingerprint density at radius 3 is 2.85 bits per heavy atom. The molecule has 0 atom stereocenters. The lowest BCUT2D eigenvalue weighted by Crippen LogP contribution is -2.39. The number of hydrogen-bond donors (Lipinski definition) is 3. The summed E-state index contributed by atoms with van der Waals surface area (Å²) >= 11 is 3.51. The Balaban J connectivity index is 1.65. The molecule has 0 unspecified atom stereocenters. The van der Waals surface area contributed by atoms with Gasteiger partial charge in [0, 0.05) is 25.0 Å². The zero-order chi connectivity index (χ0) is 18.0. The van der Waals surface area contributed by atoms with E-state index in [0.717, 1.165) is 53.0 Å². The summed E-state index contributed by atoms with van der Waals surface area (Å²) in [6, 6.07) is 5.89. The number of pyridine rings is 1. The van der Waals surface area contributed by atoms with Crippen molar-refractivity contribution in [1.82, 2.24) is 19.6 Å². The van der Waals surface area contributed by atoms with Gasteiger partial charge in [0.1, 0.15) is 11.6 Å². The van der Waals surface area contributed by atoms with E-state index in [1.807, 2.05) is 24.4 Å². The summed E-state index contributed by atoms with van der Waals surface area (Å²) in [6.07, 6.45) is 9.49. The molecule has 1 fully saturated rings. The number of aromatic nitrogens is 4. The van der Waals surface area contributed by atoms with E-state index >= 15 is 0 Å². The highest BCUT2D eigenvalue weighted by atomic mass is 79.9. The average molecular weight is 417 g/mol. The Morgan fingerprint density at radius 1 is 1.27 bits per heavy atom. The molecule has 1 aliphatic rings. The molecule has 0 bridgehead atoms. The van der Waals surface area contributed by atoms with Crippen molar-refractivity contribution in [3.8, 4) is 0 Å². The minimum Gasteiger partial charge on any atom is -0.394 e. The normalized spacial score (nSPS) is 16.1. The van der Waals surface area contributed by atoms with Gasteiger partial charge in [-0.25, -0.2) is 4.98 Å². The zero-order valence-corrected chi connectivity index (χ0v) is 15.9. The van der Waals surface area contributed by atoms with Gasteiger partial charge in [0.2, 0.25) is 0 Å². The predicted octanol–water partition coefficient (Wildman–Crippen LogP) is 3.22. The molecule has 4 rings (SSSR count). The second-order valence-electron chi connectivity index (χ2n) is 6.74. The third-order valence-corrected chi connectivity index (χ3v) is 5.44. The molecule has 7 nitrogen and oxygen atoms in total. The van der Waals surface area contributed by atoms with Crippen LogP contribution in [0.4, 0.5) is 11.6 Å². The molecule has 8 heteroatoms. The first-order chi connectivity index (χ1) is 12.7. The lowest BCUT2D eigenvalue weighted by Gasteiger charge is -2.28. The first kappa shape index (κ1) is 17.2. The van der Waals surface area contributed by atoms with Gasteiger partial charge in [-0.3, -0.25) is 4.98 Å². The van der Waals surface area contributed by atoms with Crippen LogP contribution < -0.4 is 10.6 Å². The Morgan fingerprint density at radius 2 is 2.12 bits per heavy atom. The first-order valence-corrected chi connectivity index (χ1v) is 9.55. The van der Waals surface area contributed by atoms with Crippen LogP contribution in [-0.4, -0.2) is 36.8 Å². The molecule has 0 spiro atoms. The summed E-state index contributed by atoms with van der Waals surface area (Å²) in [6.45, 7) is 0.744. The van der Waals surface area contributed by atoms with Crippen LogP contribution in [0.3, 0.4) is 0 Å². The lowest BCUT2D eigenvalue weighted by atomic mass is 9.99. The van der Waals surface area contributed by atoms with Gasteiger partial charge in [0.15, 0.2) is 5.65 Å². The number of nitrogens with one attached hydrogen (secondary N) is 2. The molecule has 0 saturated heterocycles. The van der Waals surface area contributed by atoms with Gasteiger partial charge in [-0.2, -0.15) is 9.61 Å². The molecule has 0 amide bonds. The van der Waals surface area contributed by atoms with E-state index in [2.05, 4.69) is 41.6 Å². The predicted molar refractivity (Wildman–Crippen MR) is 104 cm³/mol. The van der Waals surface area contributed by atoms with Gasteiger partial charge in [0.05, 0.1) is 22.8 Å². The van der Waals surface area contributed by atoms with Crippen molar-refractivity contribution in [2.75, 3.05) is 17.2 Å².